The summed E-state index contributed by atoms with van der Waals surface area (Å²) in [7, 11) is 0. The number of benzene rings is 1. The number of hydrogen-bond donors (Lipinski definition) is 0. The van der Waals surface area contributed by atoms with Crippen LogP contribution >= 0.6 is 54.5 Å². The molecule has 0 spiro atoms. The first-order valence-corrected chi connectivity index (χ1v) is 11.7. The molecule has 0 unspecified atom stereocenters. The van der Waals surface area contributed by atoms with Crippen LogP contribution in [0.4, 0.5) is 0 Å². The second-order valence-electron chi connectivity index (χ2n) is 4.20. The maximum atomic E-state index is 3.65. The first kappa shape index (κ1) is 12.8. The first-order valence-electron chi connectivity index (χ1n) is 5.68. The van der Waals surface area contributed by atoms with Crippen molar-refractivity contribution in [2.45, 2.75) is 0 Å². The number of thiophene rings is 2. The number of halogens is 2. The van der Waals surface area contributed by atoms with E-state index in [4.69, 9.17) is 0 Å². The van der Waals surface area contributed by atoms with Gasteiger partial charge in [0.2, 0.25) is 0 Å². The molecule has 1 aliphatic rings. The molecule has 0 saturated heterocycles. The molecule has 3 aromatic rings. The average Bonchev–Trinajstić information content (AvgIpc) is 3.00. The Morgan fingerprint density at radius 2 is 1.32 bits per heavy atom. The summed E-state index contributed by atoms with van der Waals surface area (Å²) in [5.74, 6) is 0. The monoisotopic (exact) mass is 472 g/mol. The Hall–Kier alpha value is 0.138. The topological polar surface area (TPSA) is 0 Å². The van der Waals surface area contributed by atoms with E-state index in [1.54, 1.807) is 8.70 Å². The Bertz CT molecular complexity index is 715. The van der Waals surface area contributed by atoms with Crippen molar-refractivity contribution in [1.29, 1.82) is 0 Å². The van der Waals surface area contributed by atoms with Gasteiger partial charge in [0, 0.05) is 0 Å². The van der Waals surface area contributed by atoms with Gasteiger partial charge in [0.25, 0.3) is 0 Å². The molecular formula is C14H7AsBr2S2. The minimum atomic E-state index is -1.31. The zero-order valence-electron chi connectivity index (χ0n) is 9.56. The third-order valence-corrected chi connectivity index (χ3v) is 12.4. The van der Waals surface area contributed by atoms with Crippen molar-refractivity contribution in [1.82, 2.24) is 0 Å². The third-order valence-electron chi connectivity index (χ3n) is 3.07. The van der Waals surface area contributed by atoms with Crippen LogP contribution in [0.25, 0.3) is 9.75 Å². The molecule has 0 radical (unpaired) electrons. The molecule has 0 bridgehead atoms. The molecule has 0 saturated carbocycles. The van der Waals surface area contributed by atoms with Crippen LogP contribution < -0.4 is 13.1 Å². The van der Waals surface area contributed by atoms with Gasteiger partial charge < -0.3 is 0 Å². The van der Waals surface area contributed by atoms with Gasteiger partial charge in [0.05, 0.1) is 0 Å². The van der Waals surface area contributed by atoms with Gasteiger partial charge in [0.15, 0.2) is 0 Å². The quantitative estimate of drug-likeness (QED) is 0.368. The Labute approximate surface area is 141 Å². The standard InChI is InChI=1S/C14H7AsBr2S2/c16-11-6-9-13(18-11)14-10(7-12(17)19-14)15(9)8-4-2-1-3-5-8/h1-7H. The molecule has 1 aliphatic heterocycles. The van der Waals surface area contributed by atoms with Crippen molar-refractivity contribution in [3.8, 4) is 9.75 Å². The summed E-state index contributed by atoms with van der Waals surface area (Å²) >= 11 is 9.74. The van der Waals surface area contributed by atoms with Crippen molar-refractivity contribution < 1.29 is 0 Å². The van der Waals surface area contributed by atoms with Gasteiger partial charge in [-0.1, -0.05) is 0 Å². The van der Waals surface area contributed by atoms with E-state index < -0.39 is 14.7 Å². The van der Waals surface area contributed by atoms with Crippen LogP contribution in [0.5, 0.6) is 0 Å². The fraction of sp³-hybridized carbons (Fsp3) is 0. The van der Waals surface area contributed by atoms with Crippen LogP contribution in [-0.2, 0) is 0 Å². The summed E-state index contributed by atoms with van der Waals surface area (Å²) in [5.41, 5.74) is 0. The second kappa shape index (κ2) is 4.85. The molecule has 4 rings (SSSR count). The summed E-state index contributed by atoms with van der Waals surface area (Å²) in [6.45, 7) is 0. The van der Waals surface area contributed by atoms with E-state index in [1.807, 2.05) is 22.7 Å². The first-order chi connectivity index (χ1) is 9.24. The van der Waals surface area contributed by atoms with Crippen LogP contribution in [0.3, 0.4) is 0 Å². The SMILES string of the molecule is Brc1cc2c(s1)-c1sc(Br)cc1[As]2c1ccccc1. The van der Waals surface area contributed by atoms with Crippen molar-refractivity contribution >= 4 is 82.2 Å². The average molecular weight is 474 g/mol. The third kappa shape index (κ3) is 2.04. The maximum absolute atomic E-state index is 3.65. The van der Waals surface area contributed by atoms with Crippen LogP contribution in [0.1, 0.15) is 0 Å². The minimum absolute atomic E-state index is 1.25. The summed E-state index contributed by atoms with van der Waals surface area (Å²) < 4.78 is 7.20. The summed E-state index contributed by atoms with van der Waals surface area (Å²) in [6.07, 6.45) is 0. The Morgan fingerprint density at radius 1 is 0.789 bits per heavy atom. The molecule has 0 aliphatic carbocycles. The number of hydrogen-bond acceptors (Lipinski definition) is 2. The van der Waals surface area contributed by atoms with Gasteiger partial charge in [-0.05, 0) is 0 Å². The molecule has 94 valence electrons. The summed E-state index contributed by atoms with van der Waals surface area (Å²) in [4.78, 5) is 2.97. The molecule has 3 heterocycles. The Kier molecular flexibility index (Phi) is 3.28. The van der Waals surface area contributed by atoms with Crippen LogP contribution in [0.15, 0.2) is 50.0 Å². The molecular weight excluding hydrogens is 467 g/mol. The van der Waals surface area contributed by atoms with Gasteiger partial charge in [-0.15, -0.1) is 0 Å². The number of rotatable bonds is 1. The molecule has 19 heavy (non-hydrogen) atoms. The molecule has 5 heteroatoms. The number of fused-ring (bicyclic) bond motifs is 3. The van der Waals surface area contributed by atoms with Gasteiger partial charge in [-0.2, -0.15) is 0 Å². The van der Waals surface area contributed by atoms with Crippen molar-refractivity contribution in [3.05, 3.63) is 50.0 Å². The van der Waals surface area contributed by atoms with E-state index >= 15 is 0 Å². The van der Waals surface area contributed by atoms with E-state index in [-0.39, 0.29) is 0 Å². The van der Waals surface area contributed by atoms with Crippen LogP contribution in [-0.4, -0.2) is 14.7 Å². The summed E-state index contributed by atoms with van der Waals surface area (Å²) in [6, 6.07) is 15.7. The van der Waals surface area contributed by atoms with E-state index in [0.29, 0.717) is 0 Å². The zero-order valence-corrected chi connectivity index (χ0v) is 16.2. The molecule has 0 amide bonds. The van der Waals surface area contributed by atoms with Crippen molar-refractivity contribution in [2.75, 3.05) is 0 Å². The molecule has 1 aromatic carbocycles. The molecule has 2 aromatic heterocycles. The van der Waals surface area contributed by atoms with Crippen LogP contribution in [0.2, 0.25) is 0 Å². The molecule has 0 atom stereocenters. The van der Waals surface area contributed by atoms with Gasteiger partial charge in [-0.25, -0.2) is 0 Å². The zero-order chi connectivity index (χ0) is 13.0. The van der Waals surface area contributed by atoms with E-state index in [9.17, 15) is 0 Å². The normalized spacial score (nSPS) is 13.6. The van der Waals surface area contributed by atoms with E-state index in [1.165, 1.54) is 21.7 Å². The van der Waals surface area contributed by atoms with E-state index in [2.05, 4.69) is 74.3 Å². The fourth-order valence-corrected chi connectivity index (χ4v) is 13.6. The predicted octanol–water partition coefficient (Wildman–Crippen LogP) is 3.83. The molecule has 0 nitrogen and oxygen atoms in total. The van der Waals surface area contributed by atoms with Gasteiger partial charge in [-0.3, -0.25) is 0 Å². The molecule has 0 fully saturated rings. The van der Waals surface area contributed by atoms with Gasteiger partial charge >= 0.3 is 142 Å². The Morgan fingerprint density at radius 3 is 1.84 bits per heavy atom. The van der Waals surface area contributed by atoms with Crippen molar-refractivity contribution in [2.24, 2.45) is 0 Å². The van der Waals surface area contributed by atoms with E-state index in [0.717, 1.165) is 0 Å². The predicted molar refractivity (Wildman–Crippen MR) is 94.1 cm³/mol. The van der Waals surface area contributed by atoms with Crippen molar-refractivity contribution in [3.63, 3.8) is 0 Å². The Balaban J connectivity index is 2.00. The van der Waals surface area contributed by atoms with Gasteiger partial charge in [0.1, 0.15) is 0 Å². The van der Waals surface area contributed by atoms with Crippen LogP contribution in [0, 0.1) is 0 Å². The summed E-state index contributed by atoms with van der Waals surface area (Å²) in [5, 5.41) is 0. The second-order valence-corrected chi connectivity index (χ2v) is 13.6. The fourth-order valence-electron chi connectivity index (χ4n) is 2.35. The molecule has 0 N–H and O–H groups in total.